The number of anilines is 1. The number of carbonyl (C=O) groups excluding carboxylic acids is 1. The summed E-state index contributed by atoms with van der Waals surface area (Å²) in [5.74, 6) is -0.232. The van der Waals surface area contributed by atoms with Gasteiger partial charge in [0.15, 0.2) is 0 Å². The first-order valence-electron chi connectivity index (χ1n) is 9.27. The number of benzene rings is 3. The van der Waals surface area contributed by atoms with Crippen molar-refractivity contribution in [1.82, 2.24) is 0 Å². The van der Waals surface area contributed by atoms with Gasteiger partial charge in [0.2, 0.25) is 0 Å². The van der Waals surface area contributed by atoms with Crippen molar-refractivity contribution < 1.29 is 17.4 Å². The highest BCUT2D eigenvalue weighted by molar-refractivity contribution is 7.87. The van der Waals surface area contributed by atoms with Crippen LogP contribution >= 0.6 is 11.6 Å². The van der Waals surface area contributed by atoms with Crippen LogP contribution in [0, 0.1) is 27.7 Å². The van der Waals surface area contributed by atoms with Crippen LogP contribution in [0.3, 0.4) is 0 Å². The lowest BCUT2D eigenvalue weighted by atomic mass is 10.1. The van der Waals surface area contributed by atoms with E-state index in [1.807, 2.05) is 32.9 Å². The molecule has 7 heteroatoms. The van der Waals surface area contributed by atoms with E-state index in [-0.39, 0.29) is 16.6 Å². The second kappa shape index (κ2) is 8.50. The van der Waals surface area contributed by atoms with E-state index in [4.69, 9.17) is 15.8 Å². The Balaban J connectivity index is 1.78. The number of hydrogen-bond acceptors (Lipinski definition) is 4. The summed E-state index contributed by atoms with van der Waals surface area (Å²) in [6.45, 7) is 7.31. The topological polar surface area (TPSA) is 72.5 Å². The summed E-state index contributed by atoms with van der Waals surface area (Å²) in [7, 11) is -3.98. The van der Waals surface area contributed by atoms with Gasteiger partial charge in [-0.05, 0) is 86.3 Å². The summed E-state index contributed by atoms with van der Waals surface area (Å²) in [5.41, 5.74) is 4.17. The highest BCUT2D eigenvalue weighted by atomic mass is 35.5. The lowest BCUT2D eigenvalue weighted by molar-refractivity contribution is 0.102. The third kappa shape index (κ3) is 4.83. The van der Waals surface area contributed by atoms with Crippen molar-refractivity contribution in [2.24, 2.45) is 0 Å². The van der Waals surface area contributed by atoms with Crippen LogP contribution in [0.25, 0.3) is 0 Å². The standard InChI is InChI=1S/C23H22ClNO4S/c1-14-5-6-16(3)21(13-14)30(27,28)29-19-9-7-18(8-10-19)23(26)25-22-17(4)11-15(2)12-20(22)24/h5-13H,1-4H3,(H,25,26). The van der Waals surface area contributed by atoms with Crippen LogP contribution in [0.2, 0.25) is 5.02 Å². The van der Waals surface area contributed by atoms with Crippen LogP contribution in [-0.4, -0.2) is 14.3 Å². The Labute approximate surface area is 181 Å². The molecule has 0 saturated heterocycles. The Kier molecular flexibility index (Phi) is 6.19. The van der Waals surface area contributed by atoms with Crippen molar-refractivity contribution in [2.75, 3.05) is 5.32 Å². The Morgan fingerprint density at radius 2 is 1.53 bits per heavy atom. The lowest BCUT2D eigenvalue weighted by Gasteiger charge is -2.12. The fraction of sp³-hybridized carbons (Fsp3) is 0.174. The van der Waals surface area contributed by atoms with Gasteiger partial charge >= 0.3 is 10.1 Å². The van der Waals surface area contributed by atoms with Gasteiger partial charge in [-0.1, -0.05) is 29.8 Å². The van der Waals surface area contributed by atoms with Gasteiger partial charge in [0.1, 0.15) is 10.6 Å². The van der Waals surface area contributed by atoms with Crippen molar-refractivity contribution in [3.8, 4) is 5.75 Å². The zero-order valence-electron chi connectivity index (χ0n) is 17.1. The molecule has 0 aliphatic rings. The Bertz CT molecular complexity index is 1200. The monoisotopic (exact) mass is 443 g/mol. The second-order valence-electron chi connectivity index (χ2n) is 7.22. The number of aryl methyl sites for hydroxylation is 4. The molecule has 156 valence electrons. The number of hydrogen-bond donors (Lipinski definition) is 1. The largest absolute Gasteiger partial charge is 0.379 e. The normalized spacial score (nSPS) is 11.2. The third-order valence-corrected chi connectivity index (χ3v) is 6.29. The van der Waals surface area contributed by atoms with E-state index in [2.05, 4.69) is 5.32 Å². The summed E-state index contributed by atoms with van der Waals surface area (Å²) in [6.07, 6.45) is 0. The SMILES string of the molecule is Cc1cc(C)c(NC(=O)c2ccc(OS(=O)(=O)c3cc(C)ccc3C)cc2)c(Cl)c1. The van der Waals surface area contributed by atoms with Crippen molar-refractivity contribution >= 4 is 33.3 Å². The number of rotatable bonds is 5. The molecule has 5 nitrogen and oxygen atoms in total. The van der Waals surface area contributed by atoms with Gasteiger partial charge in [0.25, 0.3) is 5.91 Å². The first-order valence-corrected chi connectivity index (χ1v) is 11.1. The molecule has 0 radical (unpaired) electrons. The lowest BCUT2D eigenvalue weighted by Crippen LogP contribution is -2.14. The van der Waals surface area contributed by atoms with Crippen molar-refractivity contribution in [1.29, 1.82) is 0 Å². The predicted molar refractivity (Wildman–Crippen MR) is 119 cm³/mol. The van der Waals surface area contributed by atoms with Gasteiger partial charge in [-0.25, -0.2) is 0 Å². The van der Waals surface area contributed by atoms with Crippen LogP contribution in [0.1, 0.15) is 32.6 Å². The van der Waals surface area contributed by atoms with Gasteiger partial charge < -0.3 is 9.50 Å². The van der Waals surface area contributed by atoms with E-state index in [1.54, 1.807) is 25.1 Å². The quantitative estimate of drug-likeness (QED) is 0.521. The summed E-state index contributed by atoms with van der Waals surface area (Å²) >= 11 is 6.24. The molecule has 0 aliphatic carbocycles. The first-order chi connectivity index (χ1) is 14.1. The highest BCUT2D eigenvalue weighted by Crippen LogP contribution is 2.28. The van der Waals surface area contributed by atoms with Crippen molar-refractivity contribution in [3.63, 3.8) is 0 Å². The molecule has 0 aromatic heterocycles. The molecule has 0 saturated carbocycles. The fourth-order valence-electron chi connectivity index (χ4n) is 3.07. The maximum absolute atomic E-state index is 12.6. The molecule has 3 aromatic carbocycles. The zero-order valence-corrected chi connectivity index (χ0v) is 18.7. The zero-order chi connectivity index (χ0) is 22.1. The fourth-order valence-corrected chi connectivity index (χ4v) is 4.69. The molecule has 0 spiro atoms. The number of halogens is 1. The van der Waals surface area contributed by atoms with Gasteiger partial charge in [-0.15, -0.1) is 0 Å². The molecular weight excluding hydrogens is 422 g/mol. The molecule has 0 bridgehead atoms. The maximum Gasteiger partial charge on any atom is 0.339 e. The number of amides is 1. The molecule has 0 atom stereocenters. The molecule has 0 unspecified atom stereocenters. The minimum atomic E-state index is -3.98. The minimum absolute atomic E-state index is 0.119. The maximum atomic E-state index is 12.6. The van der Waals surface area contributed by atoms with E-state index < -0.39 is 10.1 Å². The Morgan fingerprint density at radius 3 is 2.17 bits per heavy atom. The predicted octanol–water partition coefficient (Wildman–Crippen LogP) is 5.59. The molecule has 30 heavy (non-hydrogen) atoms. The minimum Gasteiger partial charge on any atom is -0.379 e. The number of carbonyl (C=O) groups is 1. The van der Waals surface area contributed by atoms with Crippen molar-refractivity contribution in [2.45, 2.75) is 32.6 Å². The van der Waals surface area contributed by atoms with Gasteiger partial charge in [-0.2, -0.15) is 8.42 Å². The van der Waals surface area contributed by atoms with Crippen LogP contribution < -0.4 is 9.50 Å². The van der Waals surface area contributed by atoms with Crippen LogP contribution in [0.4, 0.5) is 5.69 Å². The van der Waals surface area contributed by atoms with Crippen LogP contribution in [0.15, 0.2) is 59.5 Å². The van der Waals surface area contributed by atoms with E-state index in [0.717, 1.165) is 16.7 Å². The molecule has 0 fully saturated rings. The Morgan fingerprint density at radius 1 is 0.867 bits per heavy atom. The summed E-state index contributed by atoms with van der Waals surface area (Å²) < 4.78 is 30.5. The smallest absolute Gasteiger partial charge is 0.339 e. The second-order valence-corrected chi connectivity index (χ2v) is 9.15. The van der Waals surface area contributed by atoms with Crippen LogP contribution in [0.5, 0.6) is 5.75 Å². The summed E-state index contributed by atoms with van der Waals surface area (Å²) in [6, 6.07) is 14.7. The molecule has 0 heterocycles. The summed E-state index contributed by atoms with van der Waals surface area (Å²) in [4.78, 5) is 12.7. The van der Waals surface area contributed by atoms with Crippen LogP contribution in [-0.2, 0) is 10.1 Å². The molecular formula is C23H22ClNO4S. The molecule has 0 aliphatic heterocycles. The molecule has 3 aromatic rings. The highest BCUT2D eigenvalue weighted by Gasteiger charge is 2.20. The third-order valence-electron chi connectivity index (χ3n) is 4.61. The average Bonchev–Trinajstić information content (AvgIpc) is 2.66. The Hall–Kier alpha value is -2.83. The number of nitrogens with one attached hydrogen (secondary N) is 1. The van der Waals surface area contributed by atoms with Crippen molar-refractivity contribution in [3.05, 3.63) is 87.4 Å². The van der Waals surface area contributed by atoms with E-state index in [1.165, 1.54) is 24.3 Å². The average molecular weight is 444 g/mol. The van der Waals surface area contributed by atoms with E-state index in [0.29, 0.717) is 21.8 Å². The summed E-state index contributed by atoms with van der Waals surface area (Å²) in [5, 5.41) is 3.26. The molecule has 1 N–H and O–H groups in total. The van der Waals surface area contributed by atoms with Gasteiger partial charge in [0, 0.05) is 5.56 Å². The van der Waals surface area contributed by atoms with Gasteiger partial charge in [0.05, 0.1) is 10.7 Å². The first kappa shape index (κ1) is 21.9. The van der Waals surface area contributed by atoms with E-state index in [9.17, 15) is 13.2 Å². The molecule has 3 rings (SSSR count). The van der Waals surface area contributed by atoms with E-state index >= 15 is 0 Å². The van der Waals surface area contributed by atoms with Gasteiger partial charge in [-0.3, -0.25) is 4.79 Å². The molecule has 1 amide bonds.